The van der Waals surface area contributed by atoms with Gasteiger partial charge in [-0.25, -0.2) is 0 Å². The maximum atomic E-state index is 12.1. The van der Waals surface area contributed by atoms with Crippen molar-refractivity contribution in [2.75, 3.05) is 7.11 Å². The number of hydrogen-bond donors (Lipinski definition) is 4. The molecule has 104 valence electrons. The lowest BCUT2D eigenvalue weighted by molar-refractivity contribution is 0.0927. The van der Waals surface area contributed by atoms with E-state index < -0.39 is 11.4 Å². The second-order valence-electron chi connectivity index (χ2n) is 4.45. The molecule has 1 aromatic carbocycles. The summed E-state index contributed by atoms with van der Waals surface area (Å²) in [6, 6.07) is 4.28. The largest absolute Gasteiger partial charge is 0.507 e. The average molecular weight is 267 g/mol. The fourth-order valence-electron chi connectivity index (χ4n) is 1.36. The van der Waals surface area contributed by atoms with E-state index in [0.717, 1.165) is 0 Å². The van der Waals surface area contributed by atoms with Gasteiger partial charge in [-0.05, 0) is 32.0 Å². The third kappa shape index (κ3) is 3.27. The van der Waals surface area contributed by atoms with Crippen LogP contribution >= 0.6 is 0 Å². The fourth-order valence-corrected chi connectivity index (χ4v) is 1.36. The molecule has 0 aliphatic heterocycles. The number of carbonyl (C=O) groups excluding carboxylic acids is 1. The molecule has 0 bridgehead atoms. The Balaban J connectivity index is 3.02. The van der Waals surface area contributed by atoms with Crippen molar-refractivity contribution in [3.8, 4) is 11.5 Å². The zero-order valence-electron chi connectivity index (χ0n) is 11.0. The summed E-state index contributed by atoms with van der Waals surface area (Å²) in [5.74, 6) is -0.464. The topological polar surface area (TPSA) is 117 Å². The number of methoxy groups -OCH3 is 1. The van der Waals surface area contributed by atoms with Gasteiger partial charge in [0.15, 0.2) is 5.84 Å². The lowest BCUT2D eigenvalue weighted by Crippen LogP contribution is -2.53. The normalized spacial score (nSPS) is 12.1. The molecule has 0 unspecified atom stereocenters. The van der Waals surface area contributed by atoms with Crippen LogP contribution in [0.1, 0.15) is 24.2 Å². The highest BCUT2D eigenvalue weighted by Gasteiger charge is 2.27. The van der Waals surface area contributed by atoms with Gasteiger partial charge in [-0.15, -0.1) is 0 Å². The summed E-state index contributed by atoms with van der Waals surface area (Å²) in [7, 11) is 1.45. The van der Waals surface area contributed by atoms with Crippen LogP contribution in [0.4, 0.5) is 0 Å². The number of phenolic OH excluding ortho intramolecular Hbond substituents is 1. The number of oxime groups is 1. The third-order valence-electron chi connectivity index (χ3n) is 2.62. The molecule has 0 aliphatic carbocycles. The van der Waals surface area contributed by atoms with Gasteiger partial charge >= 0.3 is 0 Å². The molecule has 7 nitrogen and oxygen atoms in total. The van der Waals surface area contributed by atoms with E-state index in [0.29, 0.717) is 5.75 Å². The SMILES string of the molecule is COc1ccc(O)c(C(=O)NC(C)(C)C(N)=NO)c1. The van der Waals surface area contributed by atoms with Gasteiger partial charge in [0.05, 0.1) is 18.2 Å². The lowest BCUT2D eigenvalue weighted by atomic mass is 10.0. The molecule has 0 radical (unpaired) electrons. The van der Waals surface area contributed by atoms with Gasteiger partial charge in [0, 0.05) is 0 Å². The molecule has 0 saturated carbocycles. The first-order valence-electron chi connectivity index (χ1n) is 5.49. The van der Waals surface area contributed by atoms with Gasteiger partial charge in [0.2, 0.25) is 0 Å². The summed E-state index contributed by atoms with van der Waals surface area (Å²) in [6.07, 6.45) is 0. The summed E-state index contributed by atoms with van der Waals surface area (Å²) >= 11 is 0. The van der Waals surface area contributed by atoms with Crippen LogP contribution in [0.5, 0.6) is 11.5 Å². The molecule has 0 heterocycles. The van der Waals surface area contributed by atoms with Crippen molar-refractivity contribution in [1.29, 1.82) is 0 Å². The highest BCUT2D eigenvalue weighted by Crippen LogP contribution is 2.23. The smallest absolute Gasteiger partial charge is 0.255 e. The molecule has 0 aromatic heterocycles. The minimum atomic E-state index is -1.05. The predicted octanol–water partition coefficient (Wildman–Crippen LogP) is 0.656. The molecule has 1 amide bonds. The van der Waals surface area contributed by atoms with Crippen molar-refractivity contribution in [2.45, 2.75) is 19.4 Å². The number of nitrogens with one attached hydrogen (secondary N) is 1. The number of rotatable bonds is 4. The maximum Gasteiger partial charge on any atom is 0.255 e. The maximum absolute atomic E-state index is 12.1. The minimum Gasteiger partial charge on any atom is -0.507 e. The molecule has 0 fully saturated rings. The molecule has 19 heavy (non-hydrogen) atoms. The van der Waals surface area contributed by atoms with Crippen LogP contribution in [0.15, 0.2) is 23.4 Å². The minimum absolute atomic E-state index is 0.0400. The molecule has 1 rings (SSSR count). The van der Waals surface area contributed by atoms with Gasteiger partial charge in [-0.2, -0.15) is 0 Å². The standard InChI is InChI=1S/C12H17N3O4/c1-12(2,11(13)15-18)14-10(17)8-6-7(19-3)4-5-9(8)16/h4-6,16,18H,1-3H3,(H2,13,15)(H,14,17). The monoisotopic (exact) mass is 267 g/mol. The summed E-state index contributed by atoms with van der Waals surface area (Å²) in [5.41, 5.74) is 4.46. The van der Waals surface area contributed by atoms with Gasteiger partial charge in [0.25, 0.3) is 5.91 Å². The van der Waals surface area contributed by atoms with Crippen molar-refractivity contribution in [1.82, 2.24) is 5.32 Å². The summed E-state index contributed by atoms with van der Waals surface area (Å²) in [6.45, 7) is 3.13. The second kappa shape index (κ2) is 5.47. The van der Waals surface area contributed by atoms with E-state index in [4.69, 9.17) is 15.7 Å². The summed E-state index contributed by atoms with van der Waals surface area (Å²) in [5, 5.41) is 23.7. The molecular weight excluding hydrogens is 250 g/mol. The van der Waals surface area contributed by atoms with E-state index >= 15 is 0 Å². The van der Waals surface area contributed by atoms with Gasteiger partial charge in [-0.1, -0.05) is 5.16 Å². The van der Waals surface area contributed by atoms with Crippen LogP contribution in [0.25, 0.3) is 0 Å². The first-order chi connectivity index (χ1) is 8.81. The first-order valence-corrected chi connectivity index (χ1v) is 5.49. The molecule has 0 saturated heterocycles. The van der Waals surface area contributed by atoms with Crippen LogP contribution in [-0.4, -0.2) is 34.7 Å². The molecule has 0 aliphatic rings. The average Bonchev–Trinajstić information content (AvgIpc) is 2.37. The molecule has 7 heteroatoms. The van der Waals surface area contributed by atoms with Gasteiger partial charge in [0.1, 0.15) is 11.5 Å². The first kappa shape index (κ1) is 14.6. The quantitative estimate of drug-likeness (QED) is 0.276. The number of nitrogens with zero attached hydrogens (tertiary/aromatic N) is 1. The molecular formula is C12H17N3O4. The number of nitrogens with two attached hydrogens (primary N) is 1. The Morgan fingerprint density at radius 1 is 1.47 bits per heavy atom. The number of hydrogen-bond acceptors (Lipinski definition) is 5. The van der Waals surface area contributed by atoms with E-state index in [9.17, 15) is 9.90 Å². The Bertz CT molecular complexity index is 512. The van der Waals surface area contributed by atoms with E-state index in [-0.39, 0.29) is 17.1 Å². The van der Waals surface area contributed by atoms with Crippen molar-refractivity contribution in [2.24, 2.45) is 10.9 Å². The van der Waals surface area contributed by atoms with Gasteiger partial charge in [-0.3, -0.25) is 4.79 Å². The number of benzene rings is 1. The van der Waals surface area contributed by atoms with Crippen molar-refractivity contribution in [3.05, 3.63) is 23.8 Å². The summed E-state index contributed by atoms with van der Waals surface area (Å²) < 4.78 is 4.98. The second-order valence-corrected chi connectivity index (χ2v) is 4.45. The van der Waals surface area contributed by atoms with E-state index in [1.54, 1.807) is 13.8 Å². The third-order valence-corrected chi connectivity index (χ3v) is 2.62. The Morgan fingerprint density at radius 3 is 2.63 bits per heavy atom. The van der Waals surface area contributed by atoms with Crippen molar-refractivity contribution in [3.63, 3.8) is 0 Å². The molecule has 0 atom stereocenters. The van der Waals surface area contributed by atoms with Crippen LogP contribution in [0.2, 0.25) is 0 Å². The molecule has 1 aromatic rings. The number of amides is 1. The highest BCUT2D eigenvalue weighted by atomic mass is 16.5. The predicted molar refractivity (Wildman–Crippen MR) is 69.6 cm³/mol. The fraction of sp³-hybridized carbons (Fsp3) is 0.333. The van der Waals surface area contributed by atoms with Crippen molar-refractivity contribution >= 4 is 11.7 Å². The number of aromatic hydroxyl groups is 1. The highest BCUT2D eigenvalue weighted by molar-refractivity contribution is 6.01. The Kier molecular flexibility index (Phi) is 4.21. The number of amidine groups is 1. The van der Waals surface area contributed by atoms with Crippen LogP contribution in [0, 0.1) is 0 Å². The zero-order chi connectivity index (χ0) is 14.6. The van der Waals surface area contributed by atoms with E-state index in [1.807, 2.05) is 0 Å². The lowest BCUT2D eigenvalue weighted by Gasteiger charge is -2.24. The van der Waals surface area contributed by atoms with Crippen molar-refractivity contribution < 1.29 is 19.8 Å². The van der Waals surface area contributed by atoms with Crippen LogP contribution in [-0.2, 0) is 0 Å². The Hall–Kier alpha value is -2.44. The van der Waals surface area contributed by atoms with E-state index in [2.05, 4.69) is 10.5 Å². The van der Waals surface area contributed by atoms with Crippen LogP contribution < -0.4 is 15.8 Å². The number of phenols is 1. The Labute approximate surface area is 110 Å². The van der Waals surface area contributed by atoms with Gasteiger partial charge < -0.3 is 26.1 Å². The molecule has 0 spiro atoms. The zero-order valence-corrected chi connectivity index (χ0v) is 11.0. The van der Waals surface area contributed by atoms with Crippen LogP contribution in [0.3, 0.4) is 0 Å². The summed E-state index contributed by atoms with van der Waals surface area (Å²) in [4.78, 5) is 12.1. The number of carbonyl (C=O) groups is 1. The molecule has 5 N–H and O–H groups in total. The Morgan fingerprint density at radius 2 is 2.11 bits per heavy atom. The number of ether oxygens (including phenoxy) is 1. The van der Waals surface area contributed by atoms with E-state index in [1.165, 1.54) is 25.3 Å².